The van der Waals surface area contributed by atoms with Crippen molar-refractivity contribution in [1.82, 2.24) is 9.88 Å². The highest BCUT2D eigenvalue weighted by molar-refractivity contribution is 5.82. The van der Waals surface area contributed by atoms with E-state index in [1.54, 1.807) is 16.9 Å². The number of carbonyl (C=O) groups is 1. The molecule has 1 N–H and O–H groups in total. The van der Waals surface area contributed by atoms with Crippen LogP contribution in [0.25, 0.3) is 0 Å². The topological polar surface area (TPSA) is 47.2 Å². The minimum absolute atomic E-state index is 0.0723. The van der Waals surface area contributed by atoms with E-state index in [4.69, 9.17) is 4.42 Å². The van der Waals surface area contributed by atoms with Crippen LogP contribution >= 0.6 is 0 Å². The molecule has 3 heterocycles. The summed E-state index contributed by atoms with van der Waals surface area (Å²) in [4.78, 5) is 12.1. The van der Waals surface area contributed by atoms with Crippen LogP contribution < -0.4 is 5.32 Å². The Bertz CT molecular complexity index is 526. The molecule has 88 valence electrons. The molecular weight excluding hydrogens is 216 g/mol. The molecule has 1 aliphatic heterocycles. The Hall–Kier alpha value is -1.81. The van der Waals surface area contributed by atoms with Crippen molar-refractivity contribution in [3.63, 3.8) is 0 Å². The number of carbonyl (C=O) groups excluding carboxylic acids is 1. The number of fused-ring (bicyclic) bond motifs is 1. The lowest BCUT2D eigenvalue weighted by Gasteiger charge is -2.15. The van der Waals surface area contributed by atoms with Gasteiger partial charge in [0, 0.05) is 31.4 Å². The molecule has 2 aromatic heterocycles. The average Bonchev–Trinajstić information content (AvgIpc) is 2.96. The fourth-order valence-corrected chi connectivity index (χ4v) is 2.26. The molecule has 0 atom stereocenters. The lowest BCUT2D eigenvalue weighted by Crippen LogP contribution is -2.26. The van der Waals surface area contributed by atoms with Gasteiger partial charge in [-0.2, -0.15) is 0 Å². The van der Waals surface area contributed by atoms with E-state index in [2.05, 4.69) is 5.32 Å². The van der Waals surface area contributed by atoms with E-state index in [9.17, 15) is 4.79 Å². The number of hydrogen-bond acceptors (Lipinski definition) is 3. The largest absolute Gasteiger partial charge is 0.469 e. The Labute approximate surface area is 99.2 Å². The first-order chi connectivity index (χ1) is 8.34. The molecule has 0 aliphatic carbocycles. The molecule has 0 spiro atoms. The number of furan rings is 1. The molecule has 0 fully saturated rings. The van der Waals surface area contributed by atoms with Gasteiger partial charge in [0.25, 0.3) is 0 Å². The smallest absolute Gasteiger partial charge is 0.238 e. The lowest BCUT2D eigenvalue weighted by atomic mass is 10.1. The van der Waals surface area contributed by atoms with Crippen molar-refractivity contribution in [2.75, 3.05) is 6.54 Å². The van der Waals surface area contributed by atoms with Gasteiger partial charge in [0.2, 0.25) is 5.91 Å². The minimum atomic E-state index is 0.0723. The first-order valence-corrected chi connectivity index (χ1v) is 5.80. The maximum absolute atomic E-state index is 12.1. The van der Waals surface area contributed by atoms with Gasteiger partial charge < -0.3 is 9.73 Å². The molecule has 1 aliphatic rings. The summed E-state index contributed by atoms with van der Waals surface area (Å²) < 4.78 is 6.96. The van der Waals surface area contributed by atoms with Crippen molar-refractivity contribution in [3.05, 3.63) is 47.7 Å². The highest BCUT2D eigenvalue weighted by atomic mass is 16.3. The Morgan fingerprint density at radius 2 is 2.41 bits per heavy atom. The summed E-state index contributed by atoms with van der Waals surface area (Å²) in [6, 6.07) is 5.65. The van der Waals surface area contributed by atoms with Crippen LogP contribution in [0.3, 0.4) is 0 Å². The Kier molecular flexibility index (Phi) is 2.57. The third kappa shape index (κ3) is 1.91. The van der Waals surface area contributed by atoms with Gasteiger partial charge in [-0.1, -0.05) is 0 Å². The van der Waals surface area contributed by atoms with Crippen LogP contribution in [-0.2, 0) is 19.4 Å². The fraction of sp³-hybridized carbons (Fsp3) is 0.308. The molecule has 0 saturated carbocycles. The van der Waals surface area contributed by atoms with Crippen LogP contribution in [0.4, 0.5) is 0 Å². The van der Waals surface area contributed by atoms with Gasteiger partial charge in [0.05, 0.1) is 12.7 Å². The van der Waals surface area contributed by atoms with Crippen LogP contribution in [0, 0.1) is 0 Å². The summed E-state index contributed by atoms with van der Waals surface area (Å²) in [5.74, 6) is 0.787. The fourth-order valence-electron chi connectivity index (χ4n) is 2.26. The van der Waals surface area contributed by atoms with Gasteiger partial charge in [-0.25, -0.2) is 0 Å². The van der Waals surface area contributed by atoms with Gasteiger partial charge >= 0.3 is 0 Å². The van der Waals surface area contributed by atoms with Gasteiger partial charge in [-0.15, -0.1) is 0 Å². The van der Waals surface area contributed by atoms with Crippen LogP contribution in [0.1, 0.15) is 21.8 Å². The van der Waals surface area contributed by atoms with Crippen molar-refractivity contribution in [3.8, 4) is 0 Å². The van der Waals surface area contributed by atoms with E-state index < -0.39 is 0 Å². The van der Waals surface area contributed by atoms with Gasteiger partial charge in [-0.05, 0) is 23.8 Å². The zero-order valence-corrected chi connectivity index (χ0v) is 9.48. The molecule has 4 nitrogen and oxygen atoms in total. The number of nitrogens with zero attached hydrogens (tertiary/aromatic N) is 1. The van der Waals surface area contributed by atoms with Crippen molar-refractivity contribution >= 4 is 5.91 Å². The maximum Gasteiger partial charge on any atom is 0.238 e. The first-order valence-electron chi connectivity index (χ1n) is 5.80. The number of hydrogen-bond donors (Lipinski definition) is 1. The van der Waals surface area contributed by atoms with E-state index in [1.807, 2.05) is 18.3 Å². The monoisotopic (exact) mass is 230 g/mol. The summed E-state index contributed by atoms with van der Waals surface area (Å²) in [6.07, 6.45) is 4.69. The summed E-state index contributed by atoms with van der Waals surface area (Å²) >= 11 is 0. The van der Waals surface area contributed by atoms with E-state index in [-0.39, 0.29) is 5.91 Å². The molecule has 2 aromatic rings. The van der Waals surface area contributed by atoms with Crippen LogP contribution in [0.5, 0.6) is 0 Å². The molecule has 0 saturated heterocycles. The molecule has 0 radical (unpaired) electrons. The zero-order chi connectivity index (χ0) is 11.7. The van der Waals surface area contributed by atoms with E-state index in [0.29, 0.717) is 12.2 Å². The van der Waals surface area contributed by atoms with Crippen molar-refractivity contribution in [2.45, 2.75) is 19.4 Å². The maximum atomic E-state index is 12.1. The number of rotatable bonds is 2. The Balaban J connectivity index is 1.84. The third-order valence-corrected chi connectivity index (χ3v) is 3.11. The normalized spacial score (nSPS) is 14.6. The SMILES string of the molecule is O=C(Cc1ccco1)n1ccc2c1CCNC2. The van der Waals surface area contributed by atoms with Gasteiger partial charge in [-0.3, -0.25) is 9.36 Å². The average molecular weight is 230 g/mol. The summed E-state index contributed by atoms with van der Waals surface area (Å²) in [5, 5.41) is 3.30. The molecular formula is C13H14N2O2. The molecule has 3 rings (SSSR count). The molecule has 0 bridgehead atoms. The molecule has 0 amide bonds. The molecule has 17 heavy (non-hydrogen) atoms. The highest BCUT2D eigenvalue weighted by Crippen LogP contribution is 2.16. The van der Waals surface area contributed by atoms with Crippen molar-refractivity contribution in [1.29, 1.82) is 0 Å². The number of aromatic nitrogens is 1. The molecule has 4 heteroatoms. The van der Waals surface area contributed by atoms with E-state index >= 15 is 0 Å². The second-order valence-corrected chi connectivity index (χ2v) is 4.23. The van der Waals surface area contributed by atoms with E-state index in [1.165, 1.54) is 5.56 Å². The van der Waals surface area contributed by atoms with Crippen LogP contribution in [0.2, 0.25) is 0 Å². The van der Waals surface area contributed by atoms with Gasteiger partial charge in [0.15, 0.2) is 0 Å². The highest BCUT2D eigenvalue weighted by Gasteiger charge is 2.17. The Morgan fingerprint density at radius 1 is 1.47 bits per heavy atom. The molecule has 0 aromatic carbocycles. The zero-order valence-electron chi connectivity index (χ0n) is 9.48. The number of nitrogens with one attached hydrogen (secondary N) is 1. The minimum Gasteiger partial charge on any atom is -0.469 e. The summed E-state index contributed by atoms with van der Waals surface area (Å²) in [5.41, 5.74) is 2.37. The van der Waals surface area contributed by atoms with Crippen molar-refractivity contribution < 1.29 is 9.21 Å². The Morgan fingerprint density at radius 3 is 3.24 bits per heavy atom. The van der Waals surface area contributed by atoms with E-state index in [0.717, 1.165) is 25.2 Å². The third-order valence-electron chi connectivity index (χ3n) is 3.11. The second kappa shape index (κ2) is 4.22. The molecule has 0 unspecified atom stereocenters. The lowest BCUT2D eigenvalue weighted by molar-refractivity contribution is 0.0904. The standard InChI is InChI=1S/C13H14N2O2/c16-13(8-11-2-1-7-17-11)15-6-4-10-9-14-5-3-12(10)15/h1-2,4,6-7,14H,3,5,8-9H2. The van der Waals surface area contributed by atoms with Crippen molar-refractivity contribution in [2.24, 2.45) is 0 Å². The second-order valence-electron chi connectivity index (χ2n) is 4.23. The van der Waals surface area contributed by atoms with Crippen LogP contribution in [-0.4, -0.2) is 17.0 Å². The van der Waals surface area contributed by atoms with Gasteiger partial charge in [0.1, 0.15) is 5.76 Å². The van der Waals surface area contributed by atoms with Crippen LogP contribution in [0.15, 0.2) is 35.1 Å². The predicted octanol–water partition coefficient (Wildman–Crippen LogP) is 1.61. The summed E-state index contributed by atoms with van der Waals surface area (Å²) in [6.45, 7) is 1.79. The quantitative estimate of drug-likeness (QED) is 0.852. The summed E-state index contributed by atoms with van der Waals surface area (Å²) in [7, 11) is 0. The predicted molar refractivity (Wildman–Crippen MR) is 62.9 cm³/mol. The first kappa shape index (κ1) is 10.4.